The molecular formula is C24H31N3O4. The Kier molecular flexibility index (Phi) is 8.61. The zero-order chi connectivity index (χ0) is 23.0. The number of rotatable bonds is 8. The van der Waals surface area contributed by atoms with E-state index in [9.17, 15) is 14.4 Å². The average molecular weight is 426 g/mol. The van der Waals surface area contributed by atoms with Gasteiger partial charge in [-0.05, 0) is 68.0 Å². The molecule has 3 amide bonds. The molecule has 0 aliphatic heterocycles. The molecule has 3 N–H and O–H groups in total. The van der Waals surface area contributed by atoms with E-state index < -0.39 is 17.9 Å². The molecule has 0 aromatic heterocycles. The predicted octanol–water partition coefficient (Wildman–Crippen LogP) is 2.98. The number of aryl methyl sites for hydroxylation is 3. The average Bonchev–Trinajstić information content (AvgIpc) is 2.69. The molecule has 0 bridgehead atoms. The van der Waals surface area contributed by atoms with Crippen molar-refractivity contribution in [1.82, 2.24) is 16.2 Å². The number of nitrogens with one attached hydrogen (secondary N) is 3. The third-order valence-electron chi connectivity index (χ3n) is 4.61. The Hall–Kier alpha value is -3.35. The van der Waals surface area contributed by atoms with Crippen LogP contribution in [0.4, 0.5) is 0 Å². The second-order valence-corrected chi connectivity index (χ2v) is 8.12. The van der Waals surface area contributed by atoms with Gasteiger partial charge < -0.3 is 10.1 Å². The van der Waals surface area contributed by atoms with Crippen molar-refractivity contribution in [3.63, 3.8) is 0 Å². The van der Waals surface area contributed by atoms with Crippen molar-refractivity contribution in [2.45, 2.75) is 47.1 Å². The van der Waals surface area contributed by atoms with Crippen LogP contribution in [0.25, 0.3) is 0 Å². The van der Waals surface area contributed by atoms with E-state index in [1.807, 2.05) is 65.0 Å². The van der Waals surface area contributed by atoms with Crippen molar-refractivity contribution in [1.29, 1.82) is 0 Å². The number of carbonyl (C=O) groups is 3. The number of hydrogen-bond donors (Lipinski definition) is 3. The molecule has 7 heteroatoms. The highest BCUT2D eigenvalue weighted by atomic mass is 16.5. The summed E-state index contributed by atoms with van der Waals surface area (Å²) < 4.78 is 5.49. The van der Waals surface area contributed by atoms with Gasteiger partial charge in [0.05, 0.1) is 0 Å². The topological polar surface area (TPSA) is 96.5 Å². The van der Waals surface area contributed by atoms with Crippen molar-refractivity contribution < 1.29 is 19.1 Å². The van der Waals surface area contributed by atoms with Crippen LogP contribution in [-0.2, 0) is 9.59 Å². The molecule has 1 atom stereocenters. The van der Waals surface area contributed by atoms with Crippen LogP contribution >= 0.6 is 0 Å². The standard InChI is InChI=1S/C24H31N3O4/c1-15(2)10-21(25-23(29)20-9-7-6-8-18(20)5)24(30)27-26-22(28)14-31-19-12-16(3)11-17(4)13-19/h6-9,11-13,15,21H,10,14H2,1-5H3,(H,25,29)(H,26,28)(H,27,30)/t21-/m1/s1. The molecule has 2 aromatic rings. The summed E-state index contributed by atoms with van der Waals surface area (Å²) in [6, 6.07) is 12.1. The minimum absolute atomic E-state index is 0.163. The smallest absolute Gasteiger partial charge is 0.276 e. The summed E-state index contributed by atoms with van der Waals surface area (Å²) in [6.45, 7) is 9.39. The van der Waals surface area contributed by atoms with Gasteiger partial charge in [0.15, 0.2) is 6.61 Å². The Morgan fingerprint density at radius 3 is 2.19 bits per heavy atom. The van der Waals surface area contributed by atoms with Gasteiger partial charge in [0, 0.05) is 5.56 Å². The molecule has 31 heavy (non-hydrogen) atoms. The molecule has 0 aliphatic rings. The molecule has 166 valence electrons. The van der Waals surface area contributed by atoms with Crippen molar-refractivity contribution >= 4 is 17.7 Å². The fourth-order valence-corrected chi connectivity index (χ4v) is 3.19. The number of hydrazine groups is 1. The third-order valence-corrected chi connectivity index (χ3v) is 4.61. The largest absolute Gasteiger partial charge is 0.484 e. The molecule has 2 aromatic carbocycles. The minimum Gasteiger partial charge on any atom is -0.484 e. The molecule has 0 unspecified atom stereocenters. The van der Waals surface area contributed by atoms with E-state index >= 15 is 0 Å². The maximum atomic E-state index is 12.6. The second kappa shape index (κ2) is 11.2. The van der Waals surface area contributed by atoms with Crippen molar-refractivity contribution in [2.24, 2.45) is 5.92 Å². The van der Waals surface area contributed by atoms with E-state index in [-0.39, 0.29) is 18.4 Å². The van der Waals surface area contributed by atoms with Crippen molar-refractivity contribution in [3.05, 3.63) is 64.7 Å². The Morgan fingerprint density at radius 1 is 0.935 bits per heavy atom. The van der Waals surface area contributed by atoms with Gasteiger partial charge in [-0.25, -0.2) is 0 Å². The van der Waals surface area contributed by atoms with Crippen LogP contribution in [0.2, 0.25) is 0 Å². The number of amides is 3. The lowest BCUT2D eigenvalue weighted by atomic mass is 10.0. The zero-order valence-corrected chi connectivity index (χ0v) is 18.7. The first-order chi connectivity index (χ1) is 14.7. The molecule has 7 nitrogen and oxygen atoms in total. The molecule has 0 spiro atoms. The van der Waals surface area contributed by atoms with Gasteiger partial charge in [0.2, 0.25) is 0 Å². The van der Waals surface area contributed by atoms with Crippen LogP contribution < -0.4 is 20.9 Å². The molecule has 0 aliphatic carbocycles. The highest BCUT2D eigenvalue weighted by molar-refractivity contribution is 5.98. The lowest BCUT2D eigenvalue weighted by Gasteiger charge is -2.21. The van der Waals surface area contributed by atoms with Crippen LogP contribution in [0, 0.1) is 26.7 Å². The Balaban J connectivity index is 1.91. The van der Waals surface area contributed by atoms with Crippen LogP contribution in [0.3, 0.4) is 0 Å². The summed E-state index contributed by atoms with van der Waals surface area (Å²) in [5, 5.41) is 2.77. The van der Waals surface area contributed by atoms with E-state index in [0.717, 1.165) is 16.7 Å². The summed E-state index contributed by atoms with van der Waals surface area (Å²) >= 11 is 0. The minimum atomic E-state index is -0.784. The lowest BCUT2D eigenvalue weighted by Crippen LogP contribution is -2.53. The SMILES string of the molecule is Cc1cc(C)cc(OCC(=O)NNC(=O)[C@@H](CC(C)C)NC(=O)c2ccccc2C)c1. The molecule has 0 saturated heterocycles. The van der Waals surface area contributed by atoms with Gasteiger partial charge in [-0.15, -0.1) is 0 Å². The summed E-state index contributed by atoms with van der Waals surface area (Å²) in [4.78, 5) is 37.3. The number of carbonyl (C=O) groups excluding carboxylic acids is 3. The molecule has 0 fully saturated rings. The van der Waals surface area contributed by atoms with Crippen LogP contribution in [0.1, 0.15) is 47.3 Å². The Morgan fingerprint density at radius 2 is 1.58 bits per heavy atom. The fraction of sp³-hybridized carbons (Fsp3) is 0.375. The number of ether oxygens (including phenoxy) is 1. The molecule has 0 saturated carbocycles. The van der Waals surface area contributed by atoms with Gasteiger partial charge in [0.25, 0.3) is 17.7 Å². The summed E-state index contributed by atoms with van der Waals surface area (Å²) in [7, 11) is 0. The van der Waals surface area contributed by atoms with E-state index in [0.29, 0.717) is 17.7 Å². The molecular weight excluding hydrogens is 394 g/mol. The first-order valence-corrected chi connectivity index (χ1v) is 10.3. The van der Waals surface area contributed by atoms with Crippen LogP contribution in [0.15, 0.2) is 42.5 Å². The van der Waals surface area contributed by atoms with E-state index in [4.69, 9.17) is 4.74 Å². The molecule has 0 heterocycles. The molecule has 0 radical (unpaired) electrons. The highest BCUT2D eigenvalue weighted by Crippen LogP contribution is 2.16. The first kappa shape index (κ1) is 23.9. The van der Waals surface area contributed by atoms with Crippen LogP contribution in [0.5, 0.6) is 5.75 Å². The fourth-order valence-electron chi connectivity index (χ4n) is 3.19. The number of hydrogen-bond acceptors (Lipinski definition) is 4. The summed E-state index contributed by atoms with van der Waals surface area (Å²) in [6.07, 6.45) is 0.429. The predicted molar refractivity (Wildman–Crippen MR) is 120 cm³/mol. The third kappa shape index (κ3) is 7.77. The highest BCUT2D eigenvalue weighted by Gasteiger charge is 2.23. The lowest BCUT2D eigenvalue weighted by molar-refractivity contribution is -0.131. The number of benzene rings is 2. The van der Waals surface area contributed by atoms with Crippen molar-refractivity contribution in [3.8, 4) is 5.75 Å². The first-order valence-electron chi connectivity index (χ1n) is 10.3. The van der Waals surface area contributed by atoms with Gasteiger partial charge in [-0.1, -0.05) is 38.1 Å². The molecule has 2 rings (SSSR count). The summed E-state index contributed by atoms with van der Waals surface area (Å²) in [5.41, 5.74) is 8.12. The quantitative estimate of drug-likeness (QED) is 0.567. The second-order valence-electron chi connectivity index (χ2n) is 8.12. The van der Waals surface area contributed by atoms with Crippen LogP contribution in [-0.4, -0.2) is 30.4 Å². The van der Waals surface area contributed by atoms with Gasteiger partial charge in [0.1, 0.15) is 11.8 Å². The van der Waals surface area contributed by atoms with Crippen molar-refractivity contribution in [2.75, 3.05) is 6.61 Å². The van der Waals surface area contributed by atoms with E-state index in [1.54, 1.807) is 12.1 Å². The summed E-state index contributed by atoms with van der Waals surface area (Å²) in [5.74, 6) is -0.571. The maximum absolute atomic E-state index is 12.6. The zero-order valence-electron chi connectivity index (χ0n) is 18.7. The van der Waals surface area contributed by atoms with E-state index in [1.165, 1.54) is 0 Å². The Bertz CT molecular complexity index is 920. The maximum Gasteiger partial charge on any atom is 0.276 e. The Labute approximate surface area is 183 Å². The van der Waals surface area contributed by atoms with Gasteiger partial charge in [-0.3, -0.25) is 25.2 Å². The van der Waals surface area contributed by atoms with E-state index in [2.05, 4.69) is 16.2 Å². The monoisotopic (exact) mass is 425 g/mol. The van der Waals surface area contributed by atoms with Gasteiger partial charge >= 0.3 is 0 Å². The normalized spacial score (nSPS) is 11.5. The van der Waals surface area contributed by atoms with Gasteiger partial charge in [-0.2, -0.15) is 0 Å².